The van der Waals surface area contributed by atoms with E-state index >= 15 is 0 Å². The van der Waals surface area contributed by atoms with Crippen LogP contribution in [-0.4, -0.2) is 34.1 Å². The highest BCUT2D eigenvalue weighted by molar-refractivity contribution is 6.14. The standard InChI is InChI=1S/C21H20N4O/c1-24(16-12-22-25(2)13-16)14-19(26)20-17-10-6-7-11-18(17)23-21(20)15-8-4-3-5-9-15/h3-13,23H,14H2,1-2H3. The van der Waals surface area contributed by atoms with E-state index in [1.807, 2.05) is 79.8 Å². The van der Waals surface area contributed by atoms with Crippen LogP contribution in [0, 0.1) is 0 Å². The van der Waals surface area contributed by atoms with Crippen LogP contribution in [0.25, 0.3) is 22.2 Å². The van der Waals surface area contributed by atoms with Crippen molar-refractivity contribution in [2.75, 3.05) is 18.5 Å². The molecule has 0 aliphatic rings. The van der Waals surface area contributed by atoms with E-state index in [4.69, 9.17) is 0 Å². The highest BCUT2D eigenvalue weighted by Crippen LogP contribution is 2.31. The molecule has 2 aromatic heterocycles. The van der Waals surface area contributed by atoms with Gasteiger partial charge in [0.15, 0.2) is 5.78 Å². The predicted molar refractivity (Wildman–Crippen MR) is 105 cm³/mol. The van der Waals surface area contributed by atoms with Crippen LogP contribution in [0.4, 0.5) is 5.69 Å². The molecular formula is C21H20N4O. The molecule has 0 amide bonds. The SMILES string of the molecule is CN(CC(=O)c1c(-c2ccccc2)[nH]c2ccccc12)c1cnn(C)c1. The third-order valence-electron chi connectivity index (χ3n) is 4.56. The molecule has 0 spiro atoms. The van der Waals surface area contributed by atoms with E-state index in [0.29, 0.717) is 0 Å². The molecule has 4 aromatic rings. The molecule has 0 saturated heterocycles. The molecule has 0 bridgehead atoms. The molecule has 0 aliphatic carbocycles. The minimum Gasteiger partial charge on any atom is -0.364 e. The van der Waals surface area contributed by atoms with Gasteiger partial charge in [0.05, 0.1) is 29.7 Å². The Morgan fingerprint density at radius 1 is 1.12 bits per heavy atom. The van der Waals surface area contributed by atoms with Gasteiger partial charge in [0, 0.05) is 31.2 Å². The maximum Gasteiger partial charge on any atom is 0.184 e. The predicted octanol–water partition coefficient (Wildman–Crippen LogP) is 3.89. The molecule has 0 aliphatic heterocycles. The largest absolute Gasteiger partial charge is 0.364 e. The molecule has 2 aromatic carbocycles. The van der Waals surface area contributed by atoms with Crippen molar-refractivity contribution in [2.24, 2.45) is 7.05 Å². The van der Waals surface area contributed by atoms with Crippen LogP contribution in [0.1, 0.15) is 10.4 Å². The normalized spacial score (nSPS) is 11.0. The summed E-state index contributed by atoms with van der Waals surface area (Å²) in [7, 11) is 3.78. The van der Waals surface area contributed by atoms with Gasteiger partial charge in [-0.3, -0.25) is 9.48 Å². The van der Waals surface area contributed by atoms with Crippen molar-refractivity contribution in [1.82, 2.24) is 14.8 Å². The minimum atomic E-state index is 0.0765. The summed E-state index contributed by atoms with van der Waals surface area (Å²) in [5.41, 5.74) is 4.51. The number of Topliss-reactive ketones (excluding diaryl/α,β-unsaturated/α-hetero) is 1. The first-order valence-electron chi connectivity index (χ1n) is 8.52. The number of likely N-dealkylation sites (N-methyl/N-ethyl adjacent to an activating group) is 1. The van der Waals surface area contributed by atoms with Gasteiger partial charge < -0.3 is 9.88 Å². The molecule has 26 heavy (non-hydrogen) atoms. The Morgan fingerprint density at radius 2 is 1.85 bits per heavy atom. The first kappa shape index (κ1) is 16.1. The topological polar surface area (TPSA) is 53.9 Å². The Hall–Kier alpha value is -3.34. The fraction of sp³-hybridized carbons (Fsp3) is 0.143. The van der Waals surface area contributed by atoms with Crippen LogP contribution in [0.15, 0.2) is 67.0 Å². The zero-order valence-corrected chi connectivity index (χ0v) is 14.8. The molecule has 130 valence electrons. The zero-order chi connectivity index (χ0) is 18.1. The summed E-state index contributed by atoms with van der Waals surface area (Å²) in [6.45, 7) is 0.285. The summed E-state index contributed by atoms with van der Waals surface area (Å²) in [5, 5.41) is 5.13. The molecule has 2 heterocycles. The molecule has 1 N–H and O–H groups in total. The number of hydrogen-bond acceptors (Lipinski definition) is 3. The van der Waals surface area contributed by atoms with Gasteiger partial charge in [-0.25, -0.2) is 0 Å². The number of fused-ring (bicyclic) bond motifs is 1. The number of aromatic nitrogens is 3. The number of aromatic amines is 1. The van der Waals surface area contributed by atoms with Crippen LogP contribution < -0.4 is 4.90 Å². The van der Waals surface area contributed by atoms with E-state index in [0.717, 1.165) is 33.4 Å². The van der Waals surface area contributed by atoms with Crippen molar-refractivity contribution in [3.63, 3.8) is 0 Å². The number of nitrogens with one attached hydrogen (secondary N) is 1. The van der Waals surface area contributed by atoms with Crippen LogP contribution in [0.5, 0.6) is 0 Å². The summed E-state index contributed by atoms with van der Waals surface area (Å²) in [4.78, 5) is 18.6. The molecule has 0 saturated carbocycles. The number of anilines is 1. The van der Waals surface area contributed by atoms with E-state index in [1.54, 1.807) is 10.9 Å². The smallest absolute Gasteiger partial charge is 0.184 e. The van der Waals surface area contributed by atoms with E-state index in [2.05, 4.69) is 10.1 Å². The first-order chi connectivity index (χ1) is 12.6. The second kappa shape index (κ2) is 6.52. The second-order valence-corrected chi connectivity index (χ2v) is 6.44. The summed E-state index contributed by atoms with van der Waals surface area (Å²) in [6, 6.07) is 17.9. The number of carbonyl (C=O) groups is 1. The average molecular weight is 344 g/mol. The van der Waals surface area contributed by atoms with E-state index in [9.17, 15) is 4.79 Å². The van der Waals surface area contributed by atoms with Gasteiger partial charge in [-0.15, -0.1) is 0 Å². The summed E-state index contributed by atoms with van der Waals surface area (Å²) >= 11 is 0. The number of ketones is 1. The zero-order valence-electron chi connectivity index (χ0n) is 14.8. The summed E-state index contributed by atoms with van der Waals surface area (Å²) < 4.78 is 1.73. The van der Waals surface area contributed by atoms with Gasteiger partial charge in [0.25, 0.3) is 0 Å². The molecule has 0 unspecified atom stereocenters. The minimum absolute atomic E-state index is 0.0765. The quantitative estimate of drug-likeness (QED) is 0.559. The number of rotatable bonds is 5. The fourth-order valence-electron chi connectivity index (χ4n) is 3.24. The van der Waals surface area contributed by atoms with Crippen molar-refractivity contribution < 1.29 is 4.79 Å². The molecule has 5 nitrogen and oxygen atoms in total. The number of benzene rings is 2. The number of aryl methyl sites for hydroxylation is 1. The number of nitrogens with zero attached hydrogens (tertiary/aromatic N) is 3. The number of carbonyl (C=O) groups excluding carboxylic acids is 1. The first-order valence-corrected chi connectivity index (χ1v) is 8.52. The van der Waals surface area contributed by atoms with Crippen molar-refractivity contribution in [2.45, 2.75) is 0 Å². The maximum atomic E-state index is 13.2. The van der Waals surface area contributed by atoms with Crippen molar-refractivity contribution in [3.8, 4) is 11.3 Å². The lowest BCUT2D eigenvalue weighted by atomic mass is 10.0. The molecule has 5 heteroatoms. The molecule has 0 fully saturated rings. The van der Waals surface area contributed by atoms with Gasteiger partial charge in [0.2, 0.25) is 0 Å². The highest BCUT2D eigenvalue weighted by atomic mass is 16.1. The number of para-hydroxylation sites is 1. The van der Waals surface area contributed by atoms with Crippen molar-refractivity contribution in [3.05, 3.63) is 72.6 Å². The number of H-pyrrole nitrogens is 1. The Labute approximate surface area is 151 Å². The Balaban J connectivity index is 1.76. The van der Waals surface area contributed by atoms with Crippen LogP contribution in [-0.2, 0) is 7.05 Å². The summed E-state index contributed by atoms with van der Waals surface area (Å²) in [5.74, 6) is 0.0765. The fourth-order valence-corrected chi connectivity index (χ4v) is 3.24. The molecule has 0 radical (unpaired) electrons. The van der Waals surface area contributed by atoms with Gasteiger partial charge in [-0.1, -0.05) is 48.5 Å². The lowest BCUT2D eigenvalue weighted by Crippen LogP contribution is -2.25. The third kappa shape index (κ3) is 2.88. The third-order valence-corrected chi connectivity index (χ3v) is 4.56. The van der Waals surface area contributed by atoms with Gasteiger partial charge >= 0.3 is 0 Å². The Bertz CT molecular complexity index is 1060. The second-order valence-electron chi connectivity index (χ2n) is 6.44. The average Bonchev–Trinajstić information content (AvgIpc) is 3.26. The molecule has 0 atom stereocenters. The summed E-state index contributed by atoms with van der Waals surface area (Å²) in [6.07, 6.45) is 3.67. The Morgan fingerprint density at radius 3 is 2.58 bits per heavy atom. The number of hydrogen-bond donors (Lipinski definition) is 1. The van der Waals surface area contributed by atoms with E-state index in [-0.39, 0.29) is 12.3 Å². The van der Waals surface area contributed by atoms with Gasteiger partial charge in [0.1, 0.15) is 0 Å². The van der Waals surface area contributed by atoms with Crippen LogP contribution in [0.2, 0.25) is 0 Å². The lowest BCUT2D eigenvalue weighted by molar-refractivity contribution is 0.100. The lowest BCUT2D eigenvalue weighted by Gasteiger charge is -2.16. The van der Waals surface area contributed by atoms with Gasteiger partial charge in [-0.05, 0) is 11.6 Å². The molecular weight excluding hydrogens is 324 g/mol. The monoisotopic (exact) mass is 344 g/mol. The highest BCUT2D eigenvalue weighted by Gasteiger charge is 2.21. The van der Waals surface area contributed by atoms with E-state index < -0.39 is 0 Å². The van der Waals surface area contributed by atoms with Crippen LogP contribution in [0.3, 0.4) is 0 Å². The Kier molecular flexibility index (Phi) is 4.05. The maximum absolute atomic E-state index is 13.2. The van der Waals surface area contributed by atoms with Crippen molar-refractivity contribution in [1.29, 1.82) is 0 Å². The van der Waals surface area contributed by atoms with Crippen molar-refractivity contribution >= 4 is 22.4 Å². The van der Waals surface area contributed by atoms with E-state index in [1.165, 1.54) is 0 Å². The van der Waals surface area contributed by atoms with Gasteiger partial charge in [-0.2, -0.15) is 5.10 Å². The van der Waals surface area contributed by atoms with Crippen LogP contribution >= 0.6 is 0 Å². The molecule has 4 rings (SSSR count).